The number of methoxy groups -OCH3 is 1. The van der Waals surface area contributed by atoms with Crippen molar-refractivity contribution in [2.45, 2.75) is 46.2 Å². The molecule has 0 atom stereocenters. The lowest BCUT2D eigenvalue weighted by molar-refractivity contribution is -0.122. The van der Waals surface area contributed by atoms with E-state index in [2.05, 4.69) is 35.2 Å². The summed E-state index contributed by atoms with van der Waals surface area (Å²) in [6.45, 7) is 6.08. The molecular formula is C33H34N4O3S2. The summed E-state index contributed by atoms with van der Waals surface area (Å²) in [6, 6.07) is 20.2. The quantitative estimate of drug-likeness (QED) is 0.235. The minimum Gasteiger partial charge on any atom is -0.497 e. The van der Waals surface area contributed by atoms with Gasteiger partial charge in [-0.2, -0.15) is 5.26 Å². The average molecular weight is 599 g/mol. The molecule has 5 rings (SSSR count). The number of nitriles is 1. The molecule has 9 heteroatoms. The van der Waals surface area contributed by atoms with Crippen LogP contribution in [0.2, 0.25) is 0 Å². The van der Waals surface area contributed by atoms with Crippen LogP contribution < -0.4 is 15.2 Å². The zero-order valence-electron chi connectivity index (χ0n) is 24.1. The Morgan fingerprint density at radius 2 is 1.76 bits per heavy atom. The van der Waals surface area contributed by atoms with Crippen LogP contribution in [0.15, 0.2) is 64.3 Å². The maximum atomic E-state index is 13.6. The second kappa shape index (κ2) is 13.0. The Labute approximate surface area is 256 Å². The summed E-state index contributed by atoms with van der Waals surface area (Å²) in [6.07, 6.45) is 4.86. The summed E-state index contributed by atoms with van der Waals surface area (Å²) in [4.78, 5) is 31.4. The SMILES string of the molecule is CCn1c(N2CCC(Cc3ccccc3)CC2)c(/C=C2\SC(=S)N(Cc3ccc(OC)cc3)C2=O)c(C)c(C#N)c1=O. The lowest BCUT2D eigenvalue weighted by Gasteiger charge is -2.36. The predicted octanol–water partition coefficient (Wildman–Crippen LogP) is 5.92. The largest absolute Gasteiger partial charge is 0.497 e. The van der Waals surface area contributed by atoms with Gasteiger partial charge in [0, 0.05) is 25.2 Å². The second-order valence-electron chi connectivity index (χ2n) is 10.6. The summed E-state index contributed by atoms with van der Waals surface area (Å²) < 4.78 is 7.41. The lowest BCUT2D eigenvalue weighted by Crippen LogP contribution is -2.39. The molecule has 2 aromatic carbocycles. The number of hydrogen-bond donors (Lipinski definition) is 0. The van der Waals surface area contributed by atoms with Gasteiger partial charge >= 0.3 is 0 Å². The number of pyridine rings is 1. The number of piperidine rings is 1. The molecule has 3 heterocycles. The second-order valence-corrected chi connectivity index (χ2v) is 12.3. The number of ether oxygens (including phenoxy) is 1. The molecule has 0 spiro atoms. The van der Waals surface area contributed by atoms with E-state index in [9.17, 15) is 14.9 Å². The molecule has 0 N–H and O–H groups in total. The third-order valence-electron chi connectivity index (χ3n) is 8.09. The van der Waals surface area contributed by atoms with Crippen molar-refractivity contribution >= 4 is 46.1 Å². The van der Waals surface area contributed by atoms with E-state index < -0.39 is 0 Å². The van der Waals surface area contributed by atoms with Gasteiger partial charge in [-0.25, -0.2) is 0 Å². The Kier molecular flexibility index (Phi) is 9.15. The van der Waals surface area contributed by atoms with Gasteiger partial charge in [-0.1, -0.05) is 66.4 Å². The highest BCUT2D eigenvalue weighted by molar-refractivity contribution is 8.26. The van der Waals surface area contributed by atoms with Gasteiger partial charge in [-0.15, -0.1) is 0 Å². The van der Waals surface area contributed by atoms with Crippen LogP contribution in [-0.2, 0) is 24.3 Å². The first-order chi connectivity index (χ1) is 20.3. The Morgan fingerprint density at radius 3 is 2.38 bits per heavy atom. The fourth-order valence-electron chi connectivity index (χ4n) is 5.76. The van der Waals surface area contributed by atoms with E-state index in [0.717, 1.165) is 55.0 Å². The number of aromatic nitrogens is 1. The van der Waals surface area contributed by atoms with E-state index in [0.29, 0.717) is 33.8 Å². The molecule has 1 amide bonds. The van der Waals surface area contributed by atoms with Gasteiger partial charge in [0.25, 0.3) is 11.5 Å². The molecule has 2 fully saturated rings. The normalized spacial score (nSPS) is 16.8. The van der Waals surface area contributed by atoms with Crippen LogP contribution in [-0.4, -0.2) is 39.9 Å². The minimum absolute atomic E-state index is 0.111. The van der Waals surface area contributed by atoms with Crippen molar-refractivity contribution in [3.8, 4) is 11.8 Å². The van der Waals surface area contributed by atoms with E-state index in [4.69, 9.17) is 17.0 Å². The molecule has 216 valence electrons. The summed E-state index contributed by atoms with van der Waals surface area (Å²) in [5, 5.41) is 9.91. The van der Waals surface area contributed by atoms with Gasteiger partial charge in [0.15, 0.2) is 0 Å². The van der Waals surface area contributed by atoms with Gasteiger partial charge in [0.1, 0.15) is 27.5 Å². The summed E-state index contributed by atoms with van der Waals surface area (Å²) >= 11 is 6.87. The van der Waals surface area contributed by atoms with Crippen molar-refractivity contribution in [3.63, 3.8) is 0 Å². The zero-order valence-corrected chi connectivity index (χ0v) is 25.8. The Hall–Kier alpha value is -3.87. The number of carbonyl (C=O) groups excluding carboxylic acids is 1. The molecule has 1 aromatic heterocycles. The molecule has 2 aliphatic heterocycles. The van der Waals surface area contributed by atoms with Gasteiger partial charge in [0.05, 0.1) is 18.6 Å². The van der Waals surface area contributed by atoms with Crippen molar-refractivity contribution in [2.75, 3.05) is 25.1 Å². The zero-order chi connectivity index (χ0) is 29.8. The topological polar surface area (TPSA) is 78.6 Å². The van der Waals surface area contributed by atoms with E-state index in [1.54, 1.807) is 23.5 Å². The van der Waals surface area contributed by atoms with E-state index >= 15 is 0 Å². The fraction of sp³-hybridized carbons (Fsp3) is 0.333. The number of nitrogens with zero attached hydrogens (tertiary/aromatic N) is 4. The van der Waals surface area contributed by atoms with E-state index in [1.807, 2.05) is 43.3 Å². The monoisotopic (exact) mass is 598 g/mol. The summed E-state index contributed by atoms with van der Waals surface area (Å²) in [5.74, 6) is 1.90. The number of rotatable bonds is 8. The van der Waals surface area contributed by atoms with E-state index in [-0.39, 0.29) is 17.0 Å². The maximum Gasteiger partial charge on any atom is 0.270 e. The van der Waals surface area contributed by atoms with Crippen LogP contribution >= 0.6 is 24.0 Å². The van der Waals surface area contributed by atoms with Crippen LogP contribution in [0.25, 0.3) is 6.08 Å². The average Bonchev–Trinajstić information content (AvgIpc) is 3.27. The van der Waals surface area contributed by atoms with Crippen molar-refractivity contribution < 1.29 is 9.53 Å². The highest BCUT2D eigenvalue weighted by Crippen LogP contribution is 2.37. The Morgan fingerprint density at radius 1 is 1.07 bits per heavy atom. The van der Waals surface area contributed by atoms with Crippen LogP contribution in [0.5, 0.6) is 5.75 Å². The molecule has 0 radical (unpaired) electrons. The highest BCUT2D eigenvalue weighted by atomic mass is 32.2. The molecule has 0 saturated carbocycles. The number of thiocarbonyl (C=S) groups is 1. The van der Waals surface area contributed by atoms with Gasteiger partial charge < -0.3 is 9.64 Å². The van der Waals surface area contributed by atoms with Gasteiger partial charge in [0.2, 0.25) is 0 Å². The third kappa shape index (κ3) is 6.01. The fourth-order valence-corrected chi connectivity index (χ4v) is 6.99. The van der Waals surface area contributed by atoms with Crippen molar-refractivity contribution in [3.05, 3.63) is 97.7 Å². The lowest BCUT2D eigenvalue weighted by atomic mass is 9.90. The molecule has 2 saturated heterocycles. The number of amides is 1. The van der Waals surface area contributed by atoms with Crippen LogP contribution in [0.1, 0.15) is 47.6 Å². The first-order valence-corrected chi connectivity index (χ1v) is 15.4. The van der Waals surface area contributed by atoms with Crippen LogP contribution in [0.3, 0.4) is 0 Å². The van der Waals surface area contributed by atoms with Crippen molar-refractivity contribution in [1.29, 1.82) is 5.26 Å². The molecule has 42 heavy (non-hydrogen) atoms. The molecular weight excluding hydrogens is 565 g/mol. The minimum atomic E-state index is -0.289. The van der Waals surface area contributed by atoms with Crippen molar-refractivity contribution in [2.24, 2.45) is 5.92 Å². The number of hydrogen-bond acceptors (Lipinski definition) is 7. The number of thioether (sulfide) groups is 1. The standard InChI is InChI=1S/C33H34N4O3S2/c1-4-36-30(35-16-14-24(15-17-35)18-23-8-6-5-7-9-23)27(22(2)28(20-34)31(36)38)19-29-32(39)37(33(41)42-29)21-25-10-12-26(40-3)13-11-25/h5-13,19,24H,4,14-18,21H2,1-3H3/b29-19-. The molecule has 0 bridgehead atoms. The highest BCUT2D eigenvalue weighted by Gasteiger charge is 2.34. The molecule has 3 aromatic rings. The molecule has 7 nitrogen and oxygen atoms in total. The van der Waals surface area contributed by atoms with Crippen LogP contribution in [0, 0.1) is 24.2 Å². The molecule has 0 aliphatic carbocycles. The number of carbonyl (C=O) groups is 1. The Balaban J connectivity index is 1.46. The first kappa shape index (κ1) is 29.6. The first-order valence-electron chi connectivity index (χ1n) is 14.2. The van der Waals surface area contributed by atoms with Gasteiger partial charge in [-0.05, 0) is 73.9 Å². The van der Waals surface area contributed by atoms with E-state index in [1.165, 1.54) is 17.3 Å². The van der Waals surface area contributed by atoms with Gasteiger partial charge in [-0.3, -0.25) is 19.1 Å². The van der Waals surface area contributed by atoms with Crippen molar-refractivity contribution in [1.82, 2.24) is 9.47 Å². The number of benzene rings is 2. The number of anilines is 1. The van der Waals surface area contributed by atoms with Crippen LogP contribution in [0.4, 0.5) is 5.82 Å². The maximum absolute atomic E-state index is 13.6. The molecule has 0 unspecified atom stereocenters. The third-order valence-corrected chi connectivity index (χ3v) is 9.47. The Bertz CT molecular complexity index is 1620. The predicted molar refractivity (Wildman–Crippen MR) is 173 cm³/mol. The smallest absolute Gasteiger partial charge is 0.270 e. The molecule has 2 aliphatic rings. The summed E-state index contributed by atoms with van der Waals surface area (Å²) in [5.41, 5.74) is 3.43. The summed E-state index contributed by atoms with van der Waals surface area (Å²) in [7, 11) is 1.62.